The van der Waals surface area contributed by atoms with Crippen LogP contribution in [0.5, 0.6) is 0 Å². The Labute approximate surface area is 135 Å². The van der Waals surface area contributed by atoms with Crippen molar-refractivity contribution >= 4 is 5.91 Å². The fourth-order valence-corrected chi connectivity index (χ4v) is 4.04. The molecule has 0 aromatic carbocycles. The maximum absolute atomic E-state index is 12.1. The number of hydrogen-bond acceptors (Lipinski definition) is 4. The molecule has 2 saturated heterocycles. The Morgan fingerprint density at radius 3 is 2.74 bits per heavy atom. The normalized spacial score (nSPS) is 24.0. The molecule has 0 radical (unpaired) electrons. The standard InChI is InChI=1S/C18H21N3O2/c22-17-12-16(14-3-7-19-8-4-14)18(20-17)5-9-21(10-6-18)13-15-2-1-11-23-15/h1-4,7-8,11,16H,5-6,9-10,12-13H2,(H,20,22). The van der Waals surface area contributed by atoms with Gasteiger partial charge in [-0.05, 0) is 42.7 Å². The van der Waals surface area contributed by atoms with Gasteiger partial charge in [-0.15, -0.1) is 0 Å². The number of rotatable bonds is 3. The van der Waals surface area contributed by atoms with Gasteiger partial charge < -0.3 is 9.73 Å². The van der Waals surface area contributed by atoms with Crippen molar-refractivity contribution in [2.75, 3.05) is 13.1 Å². The Morgan fingerprint density at radius 1 is 1.26 bits per heavy atom. The molecule has 120 valence electrons. The first-order chi connectivity index (χ1) is 11.3. The molecule has 23 heavy (non-hydrogen) atoms. The number of piperidine rings is 1. The first kappa shape index (κ1) is 14.5. The van der Waals surface area contributed by atoms with Crippen molar-refractivity contribution in [2.45, 2.75) is 37.3 Å². The Hall–Kier alpha value is -2.14. The molecule has 2 aromatic rings. The number of hydrogen-bond donors (Lipinski definition) is 1. The van der Waals surface area contributed by atoms with Crippen molar-refractivity contribution in [3.8, 4) is 0 Å². The average Bonchev–Trinajstić information content (AvgIpc) is 3.19. The van der Waals surface area contributed by atoms with Gasteiger partial charge in [0.1, 0.15) is 5.76 Å². The van der Waals surface area contributed by atoms with E-state index in [0.717, 1.165) is 38.2 Å². The number of nitrogens with one attached hydrogen (secondary N) is 1. The third kappa shape index (κ3) is 2.77. The summed E-state index contributed by atoms with van der Waals surface area (Å²) in [6.07, 6.45) is 7.90. The van der Waals surface area contributed by atoms with E-state index in [2.05, 4.69) is 15.2 Å². The quantitative estimate of drug-likeness (QED) is 0.945. The molecule has 5 nitrogen and oxygen atoms in total. The second-order valence-electron chi connectivity index (χ2n) is 6.60. The van der Waals surface area contributed by atoms with Gasteiger partial charge in [-0.3, -0.25) is 14.7 Å². The number of nitrogens with zero attached hydrogens (tertiary/aromatic N) is 2. The van der Waals surface area contributed by atoms with Gasteiger partial charge in [0.15, 0.2) is 0 Å². The molecule has 1 unspecified atom stereocenters. The summed E-state index contributed by atoms with van der Waals surface area (Å²) >= 11 is 0. The highest BCUT2D eigenvalue weighted by atomic mass is 16.3. The third-order valence-electron chi connectivity index (χ3n) is 5.26. The summed E-state index contributed by atoms with van der Waals surface area (Å²) in [7, 11) is 0. The minimum absolute atomic E-state index is 0.0991. The van der Waals surface area contributed by atoms with Crippen molar-refractivity contribution in [3.63, 3.8) is 0 Å². The number of carbonyl (C=O) groups is 1. The van der Waals surface area contributed by atoms with E-state index in [9.17, 15) is 4.79 Å². The highest BCUT2D eigenvalue weighted by molar-refractivity contribution is 5.81. The second kappa shape index (κ2) is 5.81. The number of carbonyl (C=O) groups excluding carboxylic acids is 1. The SMILES string of the molecule is O=C1CC(c2ccncc2)C2(CCN(Cc3ccco3)CC2)N1. The van der Waals surface area contributed by atoms with E-state index in [1.54, 1.807) is 6.26 Å². The smallest absolute Gasteiger partial charge is 0.221 e. The van der Waals surface area contributed by atoms with Crippen LogP contribution in [0.3, 0.4) is 0 Å². The zero-order chi connectivity index (χ0) is 15.7. The topological polar surface area (TPSA) is 58.4 Å². The minimum Gasteiger partial charge on any atom is -0.468 e. The molecule has 0 aliphatic carbocycles. The molecule has 1 amide bonds. The molecular weight excluding hydrogens is 290 g/mol. The number of amides is 1. The van der Waals surface area contributed by atoms with Crippen LogP contribution in [0.2, 0.25) is 0 Å². The lowest BCUT2D eigenvalue weighted by Crippen LogP contribution is -2.53. The van der Waals surface area contributed by atoms with Gasteiger partial charge in [0, 0.05) is 43.4 Å². The molecule has 4 heterocycles. The molecule has 1 spiro atoms. The highest BCUT2D eigenvalue weighted by Crippen LogP contribution is 2.43. The van der Waals surface area contributed by atoms with E-state index < -0.39 is 0 Å². The van der Waals surface area contributed by atoms with E-state index in [-0.39, 0.29) is 17.4 Å². The second-order valence-corrected chi connectivity index (χ2v) is 6.60. The molecule has 5 heteroatoms. The zero-order valence-corrected chi connectivity index (χ0v) is 13.1. The van der Waals surface area contributed by atoms with Gasteiger partial charge in [-0.2, -0.15) is 0 Å². The van der Waals surface area contributed by atoms with Crippen molar-refractivity contribution in [2.24, 2.45) is 0 Å². The monoisotopic (exact) mass is 311 g/mol. The van der Waals surface area contributed by atoms with Gasteiger partial charge >= 0.3 is 0 Å². The van der Waals surface area contributed by atoms with E-state index in [4.69, 9.17) is 4.42 Å². The van der Waals surface area contributed by atoms with Crippen molar-refractivity contribution in [3.05, 3.63) is 54.2 Å². The summed E-state index contributed by atoms with van der Waals surface area (Å²) in [6, 6.07) is 8.03. The largest absolute Gasteiger partial charge is 0.468 e. The first-order valence-electron chi connectivity index (χ1n) is 8.21. The van der Waals surface area contributed by atoms with Crippen LogP contribution in [-0.2, 0) is 11.3 Å². The molecule has 2 fully saturated rings. The highest BCUT2D eigenvalue weighted by Gasteiger charge is 2.48. The molecule has 2 aliphatic heterocycles. The van der Waals surface area contributed by atoms with Crippen LogP contribution >= 0.6 is 0 Å². The van der Waals surface area contributed by atoms with Gasteiger partial charge in [-0.25, -0.2) is 0 Å². The number of pyridine rings is 1. The lowest BCUT2D eigenvalue weighted by atomic mass is 9.74. The Kier molecular flexibility index (Phi) is 3.65. The van der Waals surface area contributed by atoms with Crippen LogP contribution in [0.25, 0.3) is 0 Å². The van der Waals surface area contributed by atoms with E-state index in [0.29, 0.717) is 6.42 Å². The van der Waals surface area contributed by atoms with Gasteiger partial charge in [0.05, 0.1) is 12.8 Å². The maximum Gasteiger partial charge on any atom is 0.221 e. The fraction of sp³-hybridized carbons (Fsp3) is 0.444. The Bertz CT molecular complexity index is 661. The van der Waals surface area contributed by atoms with Crippen molar-refractivity contribution in [1.29, 1.82) is 0 Å². The van der Waals surface area contributed by atoms with E-state index in [1.807, 2.05) is 36.7 Å². The number of aromatic nitrogens is 1. The van der Waals surface area contributed by atoms with Crippen LogP contribution in [0.4, 0.5) is 0 Å². The minimum atomic E-state index is -0.0991. The summed E-state index contributed by atoms with van der Waals surface area (Å²) in [5.41, 5.74) is 1.12. The van der Waals surface area contributed by atoms with E-state index in [1.165, 1.54) is 5.56 Å². The maximum atomic E-state index is 12.1. The van der Waals surface area contributed by atoms with Crippen LogP contribution in [0.15, 0.2) is 47.3 Å². The van der Waals surface area contributed by atoms with Crippen LogP contribution < -0.4 is 5.32 Å². The summed E-state index contributed by atoms with van der Waals surface area (Å²) in [6.45, 7) is 2.79. The van der Waals surface area contributed by atoms with Crippen LogP contribution in [0, 0.1) is 0 Å². The number of furan rings is 1. The van der Waals surface area contributed by atoms with Crippen LogP contribution in [-0.4, -0.2) is 34.4 Å². The molecule has 1 N–H and O–H groups in total. The molecule has 2 aliphatic rings. The molecule has 4 rings (SSSR count). The molecule has 1 atom stereocenters. The predicted molar refractivity (Wildman–Crippen MR) is 85.7 cm³/mol. The summed E-state index contributed by atoms with van der Waals surface area (Å²) in [5, 5.41) is 3.29. The van der Waals surface area contributed by atoms with Gasteiger partial charge in [-0.1, -0.05) is 0 Å². The van der Waals surface area contributed by atoms with Gasteiger partial charge in [0.2, 0.25) is 5.91 Å². The predicted octanol–water partition coefficient (Wildman–Crippen LogP) is 2.31. The van der Waals surface area contributed by atoms with Gasteiger partial charge in [0.25, 0.3) is 0 Å². The third-order valence-corrected chi connectivity index (χ3v) is 5.26. The molecule has 0 saturated carbocycles. The van der Waals surface area contributed by atoms with Crippen molar-refractivity contribution in [1.82, 2.24) is 15.2 Å². The number of likely N-dealkylation sites (tertiary alicyclic amines) is 1. The van der Waals surface area contributed by atoms with Crippen LogP contribution in [0.1, 0.15) is 36.5 Å². The lowest BCUT2D eigenvalue weighted by molar-refractivity contribution is -0.120. The summed E-state index contributed by atoms with van der Waals surface area (Å²) in [5.74, 6) is 1.43. The molecule has 0 bridgehead atoms. The molecular formula is C18H21N3O2. The zero-order valence-electron chi connectivity index (χ0n) is 13.1. The van der Waals surface area contributed by atoms with Crippen molar-refractivity contribution < 1.29 is 9.21 Å². The lowest BCUT2D eigenvalue weighted by Gasteiger charge is -2.42. The first-order valence-corrected chi connectivity index (χ1v) is 8.21. The molecule has 2 aromatic heterocycles. The summed E-state index contributed by atoms with van der Waals surface area (Å²) in [4.78, 5) is 18.6. The summed E-state index contributed by atoms with van der Waals surface area (Å²) < 4.78 is 5.44. The fourth-order valence-electron chi connectivity index (χ4n) is 4.04. The Balaban J connectivity index is 1.49. The van der Waals surface area contributed by atoms with E-state index >= 15 is 0 Å². The Morgan fingerprint density at radius 2 is 2.04 bits per heavy atom. The average molecular weight is 311 g/mol.